The number of nitrogens with zero attached hydrogens (tertiary/aromatic N) is 1. The second-order valence-electron chi connectivity index (χ2n) is 5.15. The lowest BCUT2D eigenvalue weighted by Gasteiger charge is -2.12. The third-order valence-corrected chi connectivity index (χ3v) is 3.78. The summed E-state index contributed by atoms with van der Waals surface area (Å²) in [5, 5.41) is 5.51. The van der Waals surface area contributed by atoms with Crippen LogP contribution in [0.4, 0.5) is 11.4 Å². The lowest BCUT2D eigenvalue weighted by atomic mass is 10.1. The molecule has 3 rings (SSSR count). The van der Waals surface area contributed by atoms with Crippen LogP contribution in [0, 0.1) is 0 Å². The summed E-state index contributed by atoms with van der Waals surface area (Å²) in [6.07, 6.45) is 4.67. The Morgan fingerprint density at radius 3 is 2.52 bits per heavy atom. The Morgan fingerprint density at radius 1 is 1.00 bits per heavy atom. The highest BCUT2D eigenvalue weighted by molar-refractivity contribution is 5.98. The molecule has 21 heavy (non-hydrogen) atoms. The molecular formula is C18H19N3. The zero-order valence-corrected chi connectivity index (χ0v) is 12.1. The highest BCUT2D eigenvalue weighted by atomic mass is 14.9. The molecule has 0 fully saturated rings. The van der Waals surface area contributed by atoms with Gasteiger partial charge >= 0.3 is 0 Å². The maximum Gasteiger partial charge on any atom is 0.0630 e. The fraction of sp³-hybridized carbons (Fsp3) is 0.167. The molecule has 0 bridgehead atoms. The Morgan fingerprint density at radius 2 is 1.76 bits per heavy atom. The van der Waals surface area contributed by atoms with E-state index in [0.29, 0.717) is 0 Å². The summed E-state index contributed by atoms with van der Waals surface area (Å²) >= 11 is 0. The number of nitrogens with two attached hydrogens (primary N) is 1. The summed E-state index contributed by atoms with van der Waals surface area (Å²) in [5.74, 6) is 0. The standard InChI is InChI=1S/C18H19N3/c1-2-13-3-5-14(6-4-13)11-21-17-8-7-15-12-20-10-9-16(15)18(17)19/h3-10,12,21H,2,11,19H2,1H3. The summed E-state index contributed by atoms with van der Waals surface area (Å²) in [4.78, 5) is 4.12. The first-order valence-corrected chi connectivity index (χ1v) is 7.22. The van der Waals surface area contributed by atoms with Crippen molar-refractivity contribution in [2.75, 3.05) is 11.1 Å². The van der Waals surface area contributed by atoms with Crippen molar-refractivity contribution in [2.24, 2.45) is 0 Å². The lowest BCUT2D eigenvalue weighted by molar-refractivity contribution is 1.11. The van der Waals surface area contributed by atoms with Crippen LogP contribution in [0.3, 0.4) is 0 Å². The fourth-order valence-electron chi connectivity index (χ4n) is 2.44. The molecule has 0 spiro atoms. The number of aryl methyl sites for hydroxylation is 1. The molecule has 3 nitrogen and oxygen atoms in total. The Kier molecular flexibility index (Phi) is 3.73. The maximum absolute atomic E-state index is 6.24. The third kappa shape index (κ3) is 2.82. The van der Waals surface area contributed by atoms with Gasteiger partial charge in [0.25, 0.3) is 0 Å². The summed E-state index contributed by atoms with van der Waals surface area (Å²) < 4.78 is 0. The average molecular weight is 277 g/mol. The Balaban J connectivity index is 1.79. The van der Waals surface area contributed by atoms with Gasteiger partial charge in [0.15, 0.2) is 0 Å². The van der Waals surface area contributed by atoms with E-state index in [2.05, 4.69) is 41.5 Å². The van der Waals surface area contributed by atoms with E-state index < -0.39 is 0 Å². The van der Waals surface area contributed by atoms with Crippen molar-refractivity contribution in [3.8, 4) is 0 Å². The molecule has 3 heteroatoms. The first-order valence-electron chi connectivity index (χ1n) is 7.22. The van der Waals surface area contributed by atoms with Gasteiger partial charge in [0.05, 0.1) is 11.4 Å². The van der Waals surface area contributed by atoms with Gasteiger partial charge in [-0.3, -0.25) is 4.98 Å². The van der Waals surface area contributed by atoms with E-state index in [0.717, 1.165) is 35.1 Å². The highest BCUT2D eigenvalue weighted by Gasteiger charge is 2.04. The van der Waals surface area contributed by atoms with Crippen LogP contribution in [-0.4, -0.2) is 4.98 Å². The summed E-state index contributed by atoms with van der Waals surface area (Å²) in [6.45, 7) is 2.93. The number of anilines is 2. The second-order valence-corrected chi connectivity index (χ2v) is 5.15. The van der Waals surface area contributed by atoms with Crippen molar-refractivity contribution in [1.29, 1.82) is 0 Å². The van der Waals surface area contributed by atoms with Crippen molar-refractivity contribution in [3.63, 3.8) is 0 Å². The minimum atomic E-state index is 0.769. The molecular weight excluding hydrogens is 258 g/mol. The van der Waals surface area contributed by atoms with Crippen LogP contribution in [0.15, 0.2) is 54.9 Å². The molecule has 0 unspecified atom stereocenters. The predicted molar refractivity (Wildman–Crippen MR) is 89.3 cm³/mol. The number of aromatic nitrogens is 1. The number of hydrogen-bond donors (Lipinski definition) is 2. The normalized spacial score (nSPS) is 10.7. The van der Waals surface area contributed by atoms with Gasteiger partial charge in [0.1, 0.15) is 0 Å². The van der Waals surface area contributed by atoms with E-state index in [1.807, 2.05) is 24.4 Å². The summed E-state index contributed by atoms with van der Waals surface area (Å²) in [5.41, 5.74) is 10.6. The number of fused-ring (bicyclic) bond motifs is 1. The highest BCUT2D eigenvalue weighted by Crippen LogP contribution is 2.28. The van der Waals surface area contributed by atoms with Crippen molar-refractivity contribution in [2.45, 2.75) is 19.9 Å². The van der Waals surface area contributed by atoms with Crippen molar-refractivity contribution >= 4 is 22.1 Å². The Bertz CT molecular complexity index is 748. The first kappa shape index (κ1) is 13.4. The quantitative estimate of drug-likeness (QED) is 0.709. The smallest absolute Gasteiger partial charge is 0.0630 e. The zero-order chi connectivity index (χ0) is 14.7. The number of pyridine rings is 1. The molecule has 0 aliphatic carbocycles. The second kappa shape index (κ2) is 5.83. The van der Waals surface area contributed by atoms with Crippen LogP contribution in [-0.2, 0) is 13.0 Å². The van der Waals surface area contributed by atoms with Crippen molar-refractivity contribution in [3.05, 3.63) is 66.0 Å². The van der Waals surface area contributed by atoms with Gasteiger partial charge < -0.3 is 11.1 Å². The third-order valence-electron chi connectivity index (χ3n) is 3.78. The van der Waals surface area contributed by atoms with E-state index in [1.165, 1.54) is 11.1 Å². The van der Waals surface area contributed by atoms with E-state index in [-0.39, 0.29) is 0 Å². The largest absolute Gasteiger partial charge is 0.397 e. The lowest BCUT2D eigenvalue weighted by Crippen LogP contribution is -2.03. The van der Waals surface area contributed by atoms with Gasteiger partial charge in [-0.2, -0.15) is 0 Å². The van der Waals surface area contributed by atoms with Crippen LogP contribution < -0.4 is 11.1 Å². The summed E-state index contributed by atoms with van der Waals surface area (Å²) in [6, 6.07) is 14.7. The van der Waals surface area contributed by atoms with Gasteiger partial charge in [-0.1, -0.05) is 37.3 Å². The number of rotatable bonds is 4. The van der Waals surface area contributed by atoms with Gasteiger partial charge in [0.2, 0.25) is 0 Å². The van der Waals surface area contributed by atoms with Crippen LogP contribution in [0.2, 0.25) is 0 Å². The predicted octanol–water partition coefficient (Wildman–Crippen LogP) is 3.99. The number of benzene rings is 2. The van der Waals surface area contributed by atoms with Crippen molar-refractivity contribution < 1.29 is 0 Å². The first-order chi connectivity index (χ1) is 10.3. The molecule has 3 N–H and O–H groups in total. The zero-order valence-electron chi connectivity index (χ0n) is 12.1. The van der Waals surface area contributed by atoms with Crippen LogP contribution in [0.5, 0.6) is 0 Å². The van der Waals surface area contributed by atoms with Gasteiger partial charge in [-0.05, 0) is 29.7 Å². The topological polar surface area (TPSA) is 50.9 Å². The molecule has 3 aromatic rings. The van der Waals surface area contributed by atoms with E-state index in [4.69, 9.17) is 5.73 Å². The summed E-state index contributed by atoms with van der Waals surface area (Å²) in [7, 11) is 0. The average Bonchev–Trinajstić information content (AvgIpc) is 2.55. The Labute approximate surface area is 124 Å². The molecule has 2 aromatic carbocycles. The molecule has 0 aliphatic heterocycles. The molecule has 0 saturated carbocycles. The minimum absolute atomic E-state index is 0.769. The molecule has 0 radical (unpaired) electrons. The number of nitrogen functional groups attached to an aromatic ring is 1. The van der Waals surface area contributed by atoms with E-state index in [9.17, 15) is 0 Å². The molecule has 1 heterocycles. The monoisotopic (exact) mass is 277 g/mol. The number of hydrogen-bond acceptors (Lipinski definition) is 3. The van der Waals surface area contributed by atoms with Crippen LogP contribution in [0.25, 0.3) is 10.8 Å². The fourth-order valence-corrected chi connectivity index (χ4v) is 2.44. The molecule has 0 atom stereocenters. The van der Waals surface area contributed by atoms with E-state index in [1.54, 1.807) is 6.20 Å². The molecule has 1 aromatic heterocycles. The van der Waals surface area contributed by atoms with Crippen LogP contribution >= 0.6 is 0 Å². The van der Waals surface area contributed by atoms with Crippen molar-refractivity contribution in [1.82, 2.24) is 4.98 Å². The molecule has 0 aliphatic rings. The minimum Gasteiger partial charge on any atom is -0.397 e. The van der Waals surface area contributed by atoms with Gasteiger partial charge in [0, 0.05) is 29.7 Å². The molecule has 0 saturated heterocycles. The SMILES string of the molecule is CCc1ccc(CNc2ccc3cnccc3c2N)cc1. The van der Waals surface area contributed by atoms with Crippen LogP contribution in [0.1, 0.15) is 18.1 Å². The number of nitrogens with one attached hydrogen (secondary N) is 1. The van der Waals surface area contributed by atoms with E-state index >= 15 is 0 Å². The van der Waals surface area contributed by atoms with Gasteiger partial charge in [-0.15, -0.1) is 0 Å². The van der Waals surface area contributed by atoms with Gasteiger partial charge in [-0.25, -0.2) is 0 Å². The Hall–Kier alpha value is -2.55. The molecule has 106 valence electrons. The molecule has 0 amide bonds. The maximum atomic E-state index is 6.24.